The number of nitrogens with two attached hydrogens (primary N) is 1. The van der Waals surface area contributed by atoms with E-state index >= 15 is 0 Å². The van der Waals surface area contributed by atoms with Crippen LogP contribution in [0.5, 0.6) is 0 Å². The van der Waals surface area contributed by atoms with Gasteiger partial charge in [-0.05, 0) is 0 Å². The lowest BCUT2D eigenvalue weighted by atomic mass is 10.1. The van der Waals surface area contributed by atoms with Crippen molar-refractivity contribution in [2.45, 2.75) is 0 Å². The molecular formula is C11H14N4O6. The lowest BCUT2D eigenvalue weighted by Gasteiger charge is -2.06. The molecule has 1 amide bonds. The second kappa shape index (κ2) is 7.87. The Morgan fingerprint density at radius 3 is 2.19 bits per heavy atom. The summed E-state index contributed by atoms with van der Waals surface area (Å²) in [6.07, 6.45) is 0. The van der Waals surface area contributed by atoms with Crippen molar-refractivity contribution < 1.29 is 19.4 Å². The van der Waals surface area contributed by atoms with Gasteiger partial charge in [-0.25, -0.2) is 0 Å². The molecule has 0 radical (unpaired) electrons. The number of hydrogen-bond acceptors (Lipinski definition) is 7. The third-order valence-corrected chi connectivity index (χ3v) is 2.38. The van der Waals surface area contributed by atoms with E-state index in [-0.39, 0.29) is 18.7 Å². The van der Waals surface area contributed by atoms with Gasteiger partial charge in [0.25, 0.3) is 17.3 Å². The fourth-order valence-electron chi connectivity index (χ4n) is 1.46. The lowest BCUT2D eigenvalue weighted by Crippen LogP contribution is -2.28. The Morgan fingerprint density at radius 2 is 1.71 bits per heavy atom. The molecule has 10 nitrogen and oxygen atoms in total. The number of nitrogens with one attached hydrogen (secondary N) is 1. The minimum atomic E-state index is -0.797. The quantitative estimate of drug-likeness (QED) is 0.395. The molecule has 0 aliphatic heterocycles. The number of benzene rings is 1. The number of amides is 1. The molecule has 0 spiro atoms. The van der Waals surface area contributed by atoms with Crippen molar-refractivity contribution in [1.29, 1.82) is 0 Å². The number of nitro benzene ring substituents is 2. The molecule has 0 aliphatic rings. The molecule has 1 aromatic carbocycles. The second-order valence-electron chi connectivity index (χ2n) is 3.91. The SMILES string of the molecule is NCCOCCNC(=O)c1cc([N+](=O)[O-])cc([N+](=O)[O-])c1. The molecule has 0 fully saturated rings. The van der Waals surface area contributed by atoms with Gasteiger partial charge in [-0.3, -0.25) is 25.0 Å². The van der Waals surface area contributed by atoms with Crippen LogP contribution in [0.1, 0.15) is 10.4 Å². The molecule has 0 atom stereocenters. The number of nitro groups is 2. The summed E-state index contributed by atoms with van der Waals surface area (Å²) in [4.78, 5) is 31.6. The molecule has 0 aliphatic carbocycles. The van der Waals surface area contributed by atoms with E-state index in [1.54, 1.807) is 0 Å². The number of ether oxygens (including phenoxy) is 1. The highest BCUT2D eigenvalue weighted by Crippen LogP contribution is 2.22. The van der Waals surface area contributed by atoms with Gasteiger partial charge in [-0.2, -0.15) is 0 Å². The van der Waals surface area contributed by atoms with Crippen molar-refractivity contribution in [3.05, 3.63) is 44.0 Å². The summed E-state index contributed by atoms with van der Waals surface area (Å²) in [6.45, 7) is 1.08. The van der Waals surface area contributed by atoms with E-state index in [0.29, 0.717) is 13.2 Å². The Bertz CT molecular complexity index is 515. The zero-order valence-corrected chi connectivity index (χ0v) is 11.0. The van der Waals surface area contributed by atoms with Crippen molar-refractivity contribution >= 4 is 17.3 Å². The number of non-ortho nitro benzene ring substituents is 2. The van der Waals surface area contributed by atoms with Crippen LogP contribution in [-0.4, -0.2) is 42.1 Å². The zero-order chi connectivity index (χ0) is 15.8. The highest BCUT2D eigenvalue weighted by molar-refractivity contribution is 5.95. The van der Waals surface area contributed by atoms with Gasteiger partial charge in [0.05, 0.1) is 34.7 Å². The van der Waals surface area contributed by atoms with Gasteiger partial charge in [-0.15, -0.1) is 0 Å². The van der Waals surface area contributed by atoms with E-state index < -0.39 is 27.1 Å². The van der Waals surface area contributed by atoms with Gasteiger partial charge in [0.2, 0.25) is 0 Å². The lowest BCUT2D eigenvalue weighted by molar-refractivity contribution is -0.394. The van der Waals surface area contributed by atoms with Crippen LogP contribution in [0.25, 0.3) is 0 Å². The maximum absolute atomic E-state index is 11.8. The van der Waals surface area contributed by atoms with Crippen molar-refractivity contribution in [2.24, 2.45) is 5.73 Å². The monoisotopic (exact) mass is 298 g/mol. The third-order valence-electron chi connectivity index (χ3n) is 2.38. The normalized spacial score (nSPS) is 10.1. The van der Waals surface area contributed by atoms with Crippen LogP contribution in [0.15, 0.2) is 18.2 Å². The highest BCUT2D eigenvalue weighted by atomic mass is 16.6. The molecule has 114 valence electrons. The van der Waals surface area contributed by atoms with Gasteiger partial charge in [-0.1, -0.05) is 0 Å². The average Bonchev–Trinajstić information content (AvgIpc) is 2.46. The number of nitrogens with zero attached hydrogens (tertiary/aromatic N) is 2. The van der Waals surface area contributed by atoms with E-state index in [4.69, 9.17) is 10.5 Å². The van der Waals surface area contributed by atoms with E-state index in [1.165, 1.54) is 0 Å². The van der Waals surface area contributed by atoms with Gasteiger partial charge in [0.1, 0.15) is 0 Å². The molecule has 0 unspecified atom stereocenters. The summed E-state index contributed by atoms with van der Waals surface area (Å²) in [5, 5.41) is 23.8. The predicted molar refractivity (Wildman–Crippen MR) is 72.0 cm³/mol. The molecule has 0 bridgehead atoms. The van der Waals surface area contributed by atoms with Crippen LogP contribution >= 0.6 is 0 Å². The van der Waals surface area contributed by atoms with Crippen LogP contribution in [-0.2, 0) is 4.74 Å². The van der Waals surface area contributed by atoms with Gasteiger partial charge >= 0.3 is 0 Å². The highest BCUT2D eigenvalue weighted by Gasteiger charge is 2.19. The zero-order valence-electron chi connectivity index (χ0n) is 11.0. The van der Waals surface area contributed by atoms with Crippen LogP contribution in [0.4, 0.5) is 11.4 Å². The van der Waals surface area contributed by atoms with Crippen molar-refractivity contribution in [3.8, 4) is 0 Å². The second-order valence-corrected chi connectivity index (χ2v) is 3.91. The summed E-state index contributed by atoms with van der Waals surface area (Å²) in [5.74, 6) is -0.654. The Morgan fingerprint density at radius 1 is 1.14 bits per heavy atom. The first kappa shape index (κ1) is 16.5. The largest absolute Gasteiger partial charge is 0.378 e. The molecule has 1 aromatic rings. The van der Waals surface area contributed by atoms with Crippen LogP contribution in [0.2, 0.25) is 0 Å². The third kappa shape index (κ3) is 5.12. The minimum absolute atomic E-state index is 0.158. The van der Waals surface area contributed by atoms with Gasteiger partial charge in [0, 0.05) is 25.2 Å². The molecule has 0 heterocycles. The Labute approximate surface area is 119 Å². The first-order valence-corrected chi connectivity index (χ1v) is 5.95. The topological polar surface area (TPSA) is 151 Å². The molecule has 10 heteroatoms. The Balaban J connectivity index is 2.78. The summed E-state index contributed by atoms with van der Waals surface area (Å²) in [7, 11) is 0. The standard InChI is InChI=1S/C11H14N4O6/c12-1-3-21-4-2-13-11(16)8-5-9(14(17)18)7-10(6-8)15(19)20/h5-7H,1-4,12H2,(H,13,16). The first-order valence-electron chi connectivity index (χ1n) is 5.95. The van der Waals surface area contributed by atoms with E-state index in [2.05, 4.69) is 5.32 Å². The first-order chi connectivity index (χ1) is 9.95. The number of rotatable bonds is 8. The molecule has 3 N–H and O–H groups in total. The fourth-order valence-corrected chi connectivity index (χ4v) is 1.46. The van der Waals surface area contributed by atoms with Crippen LogP contribution in [0.3, 0.4) is 0 Å². The molecule has 0 aromatic heterocycles. The predicted octanol–water partition coefficient (Wildman–Crippen LogP) is 0.208. The molecule has 0 saturated heterocycles. The van der Waals surface area contributed by atoms with Crippen molar-refractivity contribution in [1.82, 2.24) is 5.32 Å². The number of carbonyl (C=O) groups is 1. The summed E-state index contributed by atoms with van der Waals surface area (Å²) in [6, 6.07) is 2.74. The van der Waals surface area contributed by atoms with Crippen molar-refractivity contribution in [2.75, 3.05) is 26.3 Å². The van der Waals surface area contributed by atoms with E-state index in [9.17, 15) is 25.0 Å². The Kier molecular flexibility index (Phi) is 6.17. The van der Waals surface area contributed by atoms with E-state index in [1.807, 2.05) is 0 Å². The molecular weight excluding hydrogens is 284 g/mol. The summed E-state index contributed by atoms with van der Waals surface area (Å²) >= 11 is 0. The molecule has 21 heavy (non-hydrogen) atoms. The van der Waals surface area contributed by atoms with Crippen molar-refractivity contribution in [3.63, 3.8) is 0 Å². The molecule has 0 saturated carbocycles. The average molecular weight is 298 g/mol. The molecule has 1 rings (SSSR count). The summed E-state index contributed by atoms with van der Waals surface area (Å²) in [5.41, 5.74) is 4.01. The van der Waals surface area contributed by atoms with Gasteiger partial charge in [0.15, 0.2) is 0 Å². The van der Waals surface area contributed by atoms with Crippen LogP contribution < -0.4 is 11.1 Å². The summed E-state index contributed by atoms with van der Waals surface area (Å²) < 4.78 is 5.04. The van der Waals surface area contributed by atoms with Crippen LogP contribution in [0, 0.1) is 20.2 Å². The smallest absolute Gasteiger partial charge is 0.277 e. The van der Waals surface area contributed by atoms with E-state index in [0.717, 1.165) is 18.2 Å². The van der Waals surface area contributed by atoms with Gasteiger partial charge < -0.3 is 15.8 Å². The Hall–Kier alpha value is -2.59. The minimum Gasteiger partial charge on any atom is -0.378 e. The number of hydrogen-bond donors (Lipinski definition) is 2. The maximum atomic E-state index is 11.8. The fraction of sp³-hybridized carbons (Fsp3) is 0.364. The number of carbonyl (C=O) groups excluding carboxylic acids is 1. The maximum Gasteiger partial charge on any atom is 0.277 e.